The lowest BCUT2D eigenvalue weighted by atomic mass is 10.2. The molecule has 0 aromatic heterocycles. The lowest BCUT2D eigenvalue weighted by molar-refractivity contribution is -0.137. The minimum atomic E-state index is -4.66. The fraction of sp³-hybridized carbons (Fsp3) is 0.0588. The third kappa shape index (κ3) is 4.11. The second kappa shape index (κ2) is 7.17. The monoisotopic (exact) mass is 445 g/mol. The molecule has 29 heavy (non-hydrogen) atoms. The molecule has 3 rings (SSSR count). The minimum absolute atomic E-state index is 0.178. The number of imide groups is 1. The quantitative estimate of drug-likeness (QED) is 0.703. The Balaban J connectivity index is 1.90. The molecule has 0 bridgehead atoms. The lowest BCUT2D eigenvalue weighted by Crippen LogP contribution is -2.32. The van der Waals surface area contributed by atoms with E-state index in [0.29, 0.717) is 11.0 Å². The Morgan fingerprint density at radius 1 is 1.00 bits per heavy atom. The van der Waals surface area contributed by atoms with E-state index >= 15 is 0 Å². The second-order valence-electron chi connectivity index (χ2n) is 5.88. The van der Waals surface area contributed by atoms with E-state index in [9.17, 15) is 31.2 Å². The number of primary sulfonamides is 1. The van der Waals surface area contributed by atoms with Crippen LogP contribution >= 0.6 is 11.6 Å². The van der Waals surface area contributed by atoms with Crippen LogP contribution in [0.15, 0.2) is 64.2 Å². The number of carbonyl (C=O) groups is 2. The van der Waals surface area contributed by atoms with Crippen molar-refractivity contribution >= 4 is 44.8 Å². The molecular weight excluding hydrogens is 435 g/mol. The Bertz CT molecular complexity index is 1150. The smallest absolute Gasteiger partial charge is 0.350 e. The molecule has 2 aromatic rings. The fourth-order valence-corrected chi connectivity index (χ4v) is 3.27. The van der Waals surface area contributed by atoms with Crippen LogP contribution in [0.25, 0.3) is 0 Å². The van der Waals surface area contributed by atoms with Crippen molar-refractivity contribution in [2.75, 3.05) is 10.2 Å². The van der Waals surface area contributed by atoms with Gasteiger partial charge < -0.3 is 5.32 Å². The first-order valence-electron chi connectivity index (χ1n) is 7.75. The summed E-state index contributed by atoms with van der Waals surface area (Å²) in [6.45, 7) is 0. The second-order valence-corrected chi connectivity index (χ2v) is 7.82. The van der Waals surface area contributed by atoms with Crippen LogP contribution in [0.1, 0.15) is 5.56 Å². The number of alkyl halides is 3. The number of nitrogens with zero attached hydrogens (tertiary/aromatic N) is 1. The average molecular weight is 446 g/mol. The van der Waals surface area contributed by atoms with Gasteiger partial charge in [-0.25, -0.2) is 18.5 Å². The normalized spacial score (nSPS) is 15.3. The first-order valence-corrected chi connectivity index (χ1v) is 9.68. The van der Waals surface area contributed by atoms with Gasteiger partial charge in [0.05, 0.1) is 16.1 Å². The van der Waals surface area contributed by atoms with Crippen LogP contribution in [0, 0.1) is 0 Å². The third-order valence-corrected chi connectivity index (χ3v) is 5.19. The van der Waals surface area contributed by atoms with E-state index in [-0.39, 0.29) is 22.0 Å². The number of nitrogens with one attached hydrogen (secondary N) is 1. The van der Waals surface area contributed by atoms with E-state index in [1.807, 2.05) is 0 Å². The standard InChI is InChI=1S/C17H11ClF3N3O4S/c18-13-14(23-10-4-6-12(7-5-10)29(22,27)28)16(26)24(15(13)25)11-3-1-2-9(8-11)17(19,20)21/h1-8,23H,(H2,22,27,28). The maximum Gasteiger partial charge on any atom is 0.416 e. The molecule has 0 aliphatic carbocycles. The summed E-state index contributed by atoms with van der Waals surface area (Å²) in [5.41, 5.74) is -1.49. The summed E-state index contributed by atoms with van der Waals surface area (Å²) in [5, 5.41) is 7.04. The van der Waals surface area contributed by atoms with Gasteiger partial charge in [-0.15, -0.1) is 0 Å². The summed E-state index contributed by atoms with van der Waals surface area (Å²) in [6, 6.07) is 8.57. The van der Waals surface area contributed by atoms with Crippen LogP contribution in [0.2, 0.25) is 0 Å². The van der Waals surface area contributed by atoms with E-state index in [4.69, 9.17) is 16.7 Å². The predicted molar refractivity (Wildman–Crippen MR) is 98.3 cm³/mol. The number of halogens is 4. The number of hydrogen-bond donors (Lipinski definition) is 2. The third-order valence-electron chi connectivity index (χ3n) is 3.91. The Kier molecular flexibility index (Phi) is 5.15. The highest BCUT2D eigenvalue weighted by molar-refractivity contribution is 7.89. The molecule has 152 valence electrons. The number of anilines is 2. The lowest BCUT2D eigenvalue weighted by Gasteiger charge is -2.17. The molecule has 0 saturated carbocycles. The van der Waals surface area contributed by atoms with Gasteiger partial charge in [-0.3, -0.25) is 9.59 Å². The SMILES string of the molecule is NS(=O)(=O)c1ccc(NC2=C(Cl)C(=O)N(c3cccc(C(F)(F)F)c3)C2=O)cc1. The van der Waals surface area contributed by atoms with Crippen molar-refractivity contribution in [3.8, 4) is 0 Å². The van der Waals surface area contributed by atoms with Gasteiger partial charge in [0.2, 0.25) is 10.0 Å². The van der Waals surface area contributed by atoms with E-state index < -0.39 is 38.6 Å². The number of carbonyl (C=O) groups excluding carboxylic acids is 2. The maximum atomic E-state index is 12.9. The molecule has 1 heterocycles. The van der Waals surface area contributed by atoms with Gasteiger partial charge in [-0.05, 0) is 42.5 Å². The largest absolute Gasteiger partial charge is 0.416 e. The zero-order chi connectivity index (χ0) is 21.6. The zero-order valence-corrected chi connectivity index (χ0v) is 15.8. The van der Waals surface area contributed by atoms with Crippen molar-refractivity contribution in [2.24, 2.45) is 5.14 Å². The molecule has 1 aliphatic rings. The summed E-state index contributed by atoms with van der Waals surface area (Å²) in [4.78, 5) is 25.3. The summed E-state index contributed by atoms with van der Waals surface area (Å²) < 4.78 is 61.3. The first-order chi connectivity index (χ1) is 13.4. The van der Waals surface area contributed by atoms with E-state index in [1.165, 1.54) is 18.2 Å². The number of rotatable bonds is 4. The molecule has 0 fully saturated rings. The fourth-order valence-electron chi connectivity index (χ4n) is 2.54. The van der Waals surface area contributed by atoms with Crippen LogP contribution in [-0.2, 0) is 25.8 Å². The molecule has 0 spiro atoms. The van der Waals surface area contributed by atoms with Gasteiger partial charge in [0.25, 0.3) is 11.8 Å². The number of nitrogens with two attached hydrogens (primary N) is 1. The topological polar surface area (TPSA) is 110 Å². The number of benzene rings is 2. The van der Waals surface area contributed by atoms with Crippen LogP contribution in [0.3, 0.4) is 0 Å². The van der Waals surface area contributed by atoms with E-state index in [1.54, 1.807) is 0 Å². The van der Waals surface area contributed by atoms with E-state index in [2.05, 4.69) is 5.32 Å². The van der Waals surface area contributed by atoms with E-state index in [0.717, 1.165) is 24.3 Å². The Morgan fingerprint density at radius 2 is 1.62 bits per heavy atom. The summed E-state index contributed by atoms with van der Waals surface area (Å²) >= 11 is 5.92. The Hall–Kier alpha value is -2.89. The average Bonchev–Trinajstić information content (AvgIpc) is 2.84. The molecule has 3 N–H and O–H groups in total. The molecule has 1 aliphatic heterocycles. The van der Waals surface area contributed by atoms with Crippen molar-refractivity contribution < 1.29 is 31.2 Å². The zero-order valence-electron chi connectivity index (χ0n) is 14.2. The predicted octanol–water partition coefficient (Wildman–Crippen LogP) is 2.79. The highest BCUT2D eigenvalue weighted by Crippen LogP contribution is 2.35. The van der Waals surface area contributed by atoms with Gasteiger partial charge in [-0.1, -0.05) is 17.7 Å². The number of amides is 2. The van der Waals surface area contributed by atoms with Gasteiger partial charge >= 0.3 is 6.18 Å². The maximum absolute atomic E-state index is 12.9. The molecule has 2 amide bonds. The molecular formula is C17H11ClF3N3O4S. The Morgan fingerprint density at radius 3 is 2.17 bits per heavy atom. The van der Waals surface area contributed by atoms with Gasteiger partial charge in [0, 0.05) is 5.69 Å². The van der Waals surface area contributed by atoms with Gasteiger partial charge in [0.1, 0.15) is 10.7 Å². The van der Waals surface area contributed by atoms with Crippen LogP contribution in [-0.4, -0.2) is 20.2 Å². The summed E-state index contributed by atoms with van der Waals surface area (Å²) in [7, 11) is -3.93. The molecule has 0 saturated heterocycles. The number of hydrogen-bond acceptors (Lipinski definition) is 5. The van der Waals surface area contributed by atoms with Crippen molar-refractivity contribution in [1.29, 1.82) is 0 Å². The minimum Gasteiger partial charge on any atom is -0.350 e. The van der Waals surface area contributed by atoms with Gasteiger partial charge in [0.15, 0.2) is 0 Å². The van der Waals surface area contributed by atoms with Crippen molar-refractivity contribution in [1.82, 2.24) is 0 Å². The molecule has 0 radical (unpaired) electrons. The molecule has 2 aromatic carbocycles. The summed E-state index contributed by atoms with van der Waals surface area (Å²) in [6.07, 6.45) is -4.66. The molecule has 0 atom stereocenters. The van der Waals surface area contributed by atoms with Crippen molar-refractivity contribution in [2.45, 2.75) is 11.1 Å². The van der Waals surface area contributed by atoms with Crippen LogP contribution < -0.4 is 15.4 Å². The Labute approximate surface area is 167 Å². The first kappa shape index (κ1) is 20.8. The van der Waals surface area contributed by atoms with Crippen LogP contribution in [0.5, 0.6) is 0 Å². The highest BCUT2D eigenvalue weighted by atomic mass is 35.5. The summed E-state index contributed by atoms with van der Waals surface area (Å²) in [5.74, 6) is -1.96. The van der Waals surface area contributed by atoms with Crippen molar-refractivity contribution in [3.05, 3.63) is 64.8 Å². The van der Waals surface area contributed by atoms with Crippen molar-refractivity contribution in [3.63, 3.8) is 0 Å². The molecule has 7 nitrogen and oxygen atoms in total. The van der Waals surface area contributed by atoms with Crippen LogP contribution in [0.4, 0.5) is 24.5 Å². The van der Waals surface area contributed by atoms with Gasteiger partial charge in [-0.2, -0.15) is 13.2 Å². The molecule has 12 heteroatoms. The number of sulfonamides is 1. The highest BCUT2D eigenvalue weighted by Gasteiger charge is 2.40. The molecule has 0 unspecified atom stereocenters.